The zero-order chi connectivity index (χ0) is 13.3. The predicted molar refractivity (Wildman–Crippen MR) is 68.7 cm³/mol. The lowest BCUT2D eigenvalue weighted by Crippen LogP contribution is -2.40. The van der Waals surface area contributed by atoms with E-state index in [0.29, 0.717) is 29.9 Å². The monoisotopic (exact) mass is 252 g/mol. The molecule has 1 aromatic rings. The van der Waals surface area contributed by atoms with E-state index in [-0.39, 0.29) is 5.82 Å². The van der Waals surface area contributed by atoms with Gasteiger partial charge in [0.15, 0.2) is 0 Å². The first-order valence-corrected chi connectivity index (χ1v) is 6.59. The molecule has 0 spiro atoms. The maximum atomic E-state index is 13.1. The summed E-state index contributed by atoms with van der Waals surface area (Å²) in [7, 11) is 0. The van der Waals surface area contributed by atoms with Crippen LogP contribution >= 0.6 is 0 Å². The molecular weight excluding hydrogens is 231 g/mol. The van der Waals surface area contributed by atoms with Gasteiger partial charge >= 0.3 is 0 Å². The van der Waals surface area contributed by atoms with E-state index in [0.717, 1.165) is 12.8 Å². The van der Waals surface area contributed by atoms with Crippen LogP contribution in [0.15, 0.2) is 18.2 Å². The van der Waals surface area contributed by atoms with Crippen molar-refractivity contribution in [1.29, 1.82) is 0 Å². The van der Waals surface area contributed by atoms with E-state index in [1.54, 1.807) is 13.0 Å². The Labute approximate surface area is 107 Å². The SMILES string of the molecule is Cc1cc(F)ccc1C(O)C1(O)CCC(C)CC1. The molecule has 0 heterocycles. The second-order valence-electron chi connectivity index (χ2n) is 5.69. The molecule has 1 aromatic carbocycles. The summed E-state index contributed by atoms with van der Waals surface area (Å²) in [5.41, 5.74) is 0.262. The first-order chi connectivity index (χ1) is 8.42. The molecule has 1 unspecified atom stereocenters. The van der Waals surface area contributed by atoms with Crippen LogP contribution in [0.1, 0.15) is 49.8 Å². The molecule has 1 aliphatic rings. The highest BCUT2D eigenvalue weighted by atomic mass is 19.1. The van der Waals surface area contributed by atoms with Crippen molar-refractivity contribution in [2.24, 2.45) is 5.92 Å². The average molecular weight is 252 g/mol. The molecule has 18 heavy (non-hydrogen) atoms. The van der Waals surface area contributed by atoms with Gasteiger partial charge in [-0.25, -0.2) is 4.39 Å². The normalized spacial score (nSPS) is 30.2. The fourth-order valence-corrected chi connectivity index (χ4v) is 2.77. The van der Waals surface area contributed by atoms with Crippen molar-refractivity contribution in [3.63, 3.8) is 0 Å². The van der Waals surface area contributed by atoms with Gasteiger partial charge in [0.1, 0.15) is 11.9 Å². The quantitative estimate of drug-likeness (QED) is 0.849. The summed E-state index contributed by atoms with van der Waals surface area (Å²) in [4.78, 5) is 0. The summed E-state index contributed by atoms with van der Waals surface area (Å²) in [6.45, 7) is 3.92. The molecule has 0 aromatic heterocycles. The van der Waals surface area contributed by atoms with Gasteiger partial charge in [0.2, 0.25) is 0 Å². The number of rotatable bonds is 2. The first kappa shape index (κ1) is 13.5. The molecular formula is C15H21FO2. The number of aryl methyl sites for hydroxylation is 1. The Morgan fingerprint density at radius 1 is 1.33 bits per heavy atom. The van der Waals surface area contributed by atoms with Crippen LogP contribution in [0, 0.1) is 18.7 Å². The number of halogens is 1. The third-order valence-corrected chi connectivity index (χ3v) is 4.18. The standard InChI is InChI=1S/C15H21FO2/c1-10-5-7-15(18,8-6-10)14(17)13-4-3-12(16)9-11(13)2/h3-4,9-10,14,17-18H,5-8H2,1-2H3. The van der Waals surface area contributed by atoms with Gasteiger partial charge in [-0.05, 0) is 61.8 Å². The smallest absolute Gasteiger partial charge is 0.123 e. The summed E-state index contributed by atoms with van der Waals surface area (Å²) in [5, 5.41) is 21.0. The van der Waals surface area contributed by atoms with E-state index in [1.807, 2.05) is 0 Å². The van der Waals surface area contributed by atoms with Crippen LogP contribution in [0.3, 0.4) is 0 Å². The van der Waals surface area contributed by atoms with Crippen LogP contribution < -0.4 is 0 Å². The molecule has 3 heteroatoms. The largest absolute Gasteiger partial charge is 0.387 e. The molecule has 1 fully saturated rings. The second kappa shape index (κ2) is 4.98. The Morgan fingerprint density at radius 3 is 2.50 bits per heavy atom. The topological polar surface area (TPSA) is 40.5 Å². The molecule has 1 saturated carbocycles. The van der Waals surface area contributed by atoms with Crippen molar-refractivity contribution < 1.29 is 14.6 Å². The average Bonchev–Trinajstić information content (AvgIpc) is 2.32. The number of benzene rings is 1. The van der Waals surface area contributed by atoms with Gasteiger partial charge in [-0.3, -0.25) is 0 Å². The summed E-state index contributed by atoms with van der Waals surface area (Å²) in [6, 6.07) is 4.30. The zero-order valence-corrected chi connectivity index (χ0v) is 11.0. The van der Waals surface area contributed by atoms with Crippen LogP contribution in [-0.4, -0.2) is 15.8 Å². The van der Waals surface area contributed by atoms with Gasteiger partial charge in [0.25, 0.3) is 0 Å². The molecule has 0 amide bonds. The van der Waals surface area contributed by atoms with Crippen LogP contribution in [-0.2, 0) is 0 Å². The van der Waals surface area contributed by atoms with Gasteiger partial charge in [-0.1, -0.05) is 13.0 Å². The van der Waals surface area contributed by atoms with Crippen LogP contribution in [0.5, 0.6) is 0 Å². The lowest BCUT2D eigenvalue weighted by molar-refractivity contribution is -0.105. The van der Waals surface area contributed by atoms with E-state index in [9.17, 15) is 14.6 Å². The Bertz CT molecular complexity index is 423. The Balaban J connectivity index is 2.22. The van der Waals surface area contributed by atoms with Crippen molar-refractivity contribution in [2.45, 2.75) is 51.2 Å². The maximum absolute atomic E-state index is 13.1. The van der Waals surface area contributed by atoms with Gasteiger partial charge < -0.3 is 10.2 Å². The fraction of sp³-hybridized carbons (Fsp3) is 0.600. The summed E-state index contributed by atoms with van der Waals surface area (Å²) >= 11 is 0. The van der Waals surface area contributed by atoms with Gasteiger partial charge in [0, 0.05) is 0 Å². The molecule has 2 nitrogen and oxygen atoms in total. The molecule has 0 bridgehead atoms. The number of hydrogen-bond acceptors (Lipinski definition) is 2. The third-order valence-electron chi connectivity index (χ3n) is 4.18. The Kier molecular flexibility index (Phi) is 3.74. The van der Waals surface area contributed by atoms with E-state index < -0.39 is 11.7 Å². The van der Waals surface area contributed by atoms with Gasteiger partial charge in [0.05, 0.1) is 5.60 Å². The van der Waals surface area contributed by atoms with E-state index in [2.05, 4.69) is 6.92 Å². The third kappa shape index (κ3) is 2.57. The zero-order valence-electron chi connectivity index (χ0n) is 11.0. The first-order valence-electron chi connectivity index (χ1n) is 6.59. The highest BCUT2D eigenvalue weighted by Gasteiger charge is 2.39. The molecule has 1 atom stereocenters. The molecule has 2 rings (SSSR count). The van der Waals surface area contributed by atoms with Gasteiger partial charge in [-0.2, -0.15) is 0 Å². The van der Waals surface area contributed by atoms with Crippen LogP contribution in [0.4, 0.5) is 4.39 Å². The van der Waals surface area contributed by atoms with Crippen LogP contribution in [0.25, 0.3) is 0 Å². The molecule has 0 aliphatic heterocycles. The highest BCUT2D eigenvalue weighted by molar-refractivity contribution is 5.30. The minimum Gasteiger partial charge on any atom is -0.387 e. The maximum Gasteiger partial charge on any atom is 0.123 e. The molecule has 0 radical (unpaired) electrons. The highest BCUT2D eigenvalue weighted by Crippen LogP contribution is 2.41. The summed E-state index contributed by atoms with van der Waals surface area (Å²) < 4.78 is 13.1. The van der Waals surface area contributed by atoms with Crippen molar-refractivity contribution in [3.8, 4) is 0 Å². The van der Waals surface area contributed by atoms with E-state index >= 15 is 0 Å². The van der Waals surface area contributed by atoms with Crippen molar-refractivity contribution >= 4 is 0 Å². The molecule has 2 N–H and O–H groups in total. The number of aliphatic hydroxyl groups excluding tert-OH is 1. The lowest BCUT2D eigenvalue weighted by Gasteiger charge is -2.39. The van der Waals surface area contributed by atoms with Crippen molar-refractivity contribution in [2.75, 3.05) is 0 Å². The lowest BCUT2D eigenvalue weighted by atomic mass is 9.74. The Hall–Kier alpha value is -0.930. The summed E-state index contributed by atoms with van der Waals surface area (Å²) in [6.07, 6.45) is 2.13. The molecule has 0 saturated heterocycles. The molecule has 1 aliphatic carbocycles. The van der Waals surface area contributed by atoms with Crippen molar-refractivity contribution in [3.05, 3.63) is 35.1 Å². The molecule has 100 valence electrons. The predicted octanol–water partition coefficient (Wildman–Crippen LogP) is 3.11. The minimum atomic E-state index is -1.06. The van der Waals surface area contributed by atoms with Crippen LogP contribution in [0.2, 0.25) is 0 Å². The second-order valence-corrected chi connectivity index (χ2v) is 5.69. The minimum absolute atomic E-state index is 0.312. The number of aliphatic hydroxyl groups is 2. The number of hydrogen-bond donors (Lipinski definition) is 2. The fourth-order valence-electron chi connectivity index (χ4n) is 2.77. The van der Waals surface area contributed by atoms with E-state index in [1.165, 1.54) is 12.1 Å². The summed E-state index contributed by atoms with van der Waals surface area (Å²) in [5.74, 6) is 0.291. The van der Waals surface area contributed by atoms with Gasteiger partial charge in [-0.15, -0.1) is 0 Å². The Morgan fingerprint density at radius 2 is 1.94 bits per heavy atom. The van der Waals surface area contributed by atoms with E-state index in [4.69, 9.17) is 0 Å². The van der Waals surface area contributed by atoms with Crippen molar-refractivity contribution in [1.82, 2.24) is 0 Å².